The number of aryl methyl sites for hydroxylation is 1. The Bertz CT molecular complexity index is 1010. The number of esters is 1. The number of carbonyl (C=O) groups is 1. The average Bonchev–Trinajstić information content (AvgIpc) is 2.63. The molecule has 0 spiro atoms. The van der Waals surface area contributed by atoms with Crippen LogP contribution in [0.25, 0.3) is 10.8 Å². The molecule has 0 aliphatic carbocycles. The van der Waals surface area contributed by atoms with Crippen LogP contribution in [0, 0.1) is 0 Å². The lowest BCUT2D eigenvalue weighted by atomic mass is 10.1. The SMILES string of the molecule is CCn1nc(C(=O)OCc2ccc(Cl)c(Cl)c2)c2ccccc2c1=O. The largest absolute Gasteiger partial charge is 0.456 e. The maximum Gasteiger partial charge on any atom is 0.359 e. The van der Waals surface area contributed by atoms with Crippen molar-refractivity contribution < 1.29 is 9.53 Å². The van der Waals surface area contributed by atoms with Crippen LogP contribution in [0.4, 0.5) is 0 Å². The second kappa shape index (κ2) is 7.25. The van der Waals surface area contributed by atoms with Gasteiger partial charge < -0.3 is 4.74 Å². The number of halogens is 2. The molecule has 2 aromatic carbocycles. The van der Waals surface area contributed by atoms with E-state index in [1.165, 1.54) is 4.68 Å². The molecule has 0 fully saturated rings. The van der Waals surface area contributed by atoms with Crippen molar-refractivity contribution in [3.8, 4) is 0 Å². The van der Waals surface area contributed by atoms with Crippen molar-refractivity contribution in [1.82, 2.24) is 9.78 Å². The molecule has 0 amide bonds. The second-order valence-electron chi connectivity index (χ2n) is 5.34. The Kier molecular flexibility index (Phi) is 5.06. The molecule has 0 N–H and O–H groups in total. The Labute approximate surface area is 153 Å². The third-order valence-electron chi connectivity index (χ3n) is 3.71. The maximum atomic E-state index is 12.5. The van der Waals surface area contributed by atoms with Gasteiger partial charge in [-0.15, -0.1) is 0 Å². The summed E-state index contributed by atoms with van der Waals surface area (Å²) in [4.78, 5) is 24.8. The highest BCUT2D eigenvalue weighted by Gasteiger charge is 2.17. The standard InChI is InChI=1S/C18H14Cl2N2O3/c1-2-22-17(23)13-6-4-3-5-12(13)16(21-22)18(24)25-10-11-7-8-14(19)15(20)9-11/h3-9H,2,10H2,1H3. The van der Waals surface area contributed by atoms with Gasteiger partial charge in [0.05, 0.1) is 15.4 Å². The van der Waals surface area contributed by atoms with E-state index in [9.17, 15) is 9.59 Å². The number of hydrogen-bond acceptors (Lipinski definition) is 4. The molecule has 1 heterocycles. The van der Waals surface area contributed by atoms with Gasteiger partial charge in [0.2, 0.25) is 0 Å². The van der Waals surface area contributed by atoms with E-state index in [1.807, 2.05) is 0 Å². The average molecular weight is 377 g/mol. The van der Waals surface area contributed by atoms with Crippen molar-refractivity contribution >= 4 is 39.9 Å². The first-order valence-electron chi connectivity index (χ1n) is 7.62. The Balaban J connectivity index is 1.93. The second-order valence-corrected chi connectivity index (χ2v) is 6.15. The van der Waals surface area contributed by atoms with Gasteiger partial charge in [0.15, 0.2) is 5.69 Å². The number of ether oxygens (including phenoxy) is 1. The third-order valence-corrected chi connectivity index (χ3v) is 4.45. The van der Waals surface area contributed by atoms with Crippen molar-refractivity contribution in [3.05, 3.63) is 74.1 Å². The zero-order chi connectivity index (χ0) is 18.0. The van der Waals surface area contributed by atoms with Crippen molar-refractivity contribution in [2.45, 2.75) is 20.1 Å². The van der Waals surface area contributed by atoms with E-state index >= 15 is 0 Å². The quantitative estimate of drug-likeness (QED) is 0.643. The summed E-state index contributed by atoms with van der Waals surface area (Å²) in [6.07, 6.45) is 0. The summed E-state index contributed by atoms with van der Waals surface area (Å²) < 4.78 is 6.59. The van der Waals surface area contributed by atoms with E-state index < -0.39 is 5.97 Å². The molecule has 1 aromatic heterocycles. The molecule has 0 atom stereocenters. The maximum absolute atomic E-state index is 12.5. The fraction of sp³-hybridized carbons (Fsp3) is 0.167. The van der Waals surface area contributed by atoms with Crippen molar-refractivity contribution in [2.24, 2.45) is 0 Å². The summed E-state index contributed by atoms with van der Waals surface area (Å²) in [6, 6.07) is 11.8. The van der Waals surface area contributed by atoms with Gasteiger partial charge in [-0.3, -0.25) is 4.79 Å². The number of rotatable bonds is 4. The van der Waals surface area contributed by atoms with Crippen LogP contribution < -0.4 is 5.56 Å². The van der Waals surface area contributed by atoms with Gasteiger partial charge in [0, 0.05) is 11.9 Å². The van der Waals surface area contributed by atoms with Gasteiger partial charge in [-0.2, -0.15) is 5.10 Å². The highest BCUT2D eigenvalue weighted by molar-refractivity contribution is 6.42. The van der Waals surface area contributed by atoms with E-state index in [4.69, 9.17) is 27.9 Å². The Morgan fingerprint density at radius 2 is 1.84 bits per heavy atom. The van der Waals surface area contributed by atoms with Gasteiger partial charge in [-0.1, -0.05) is 47.5 Å². The molecule has 7 heteroatoms. The van der Waals surface area contributed by atoms with Gasteiger partial charge in [-0.25, -0.2) is 9.48 Å². The first-order chi connectivity index (χ1) is 12.0. The number of carbonyl (C=O) groups excluding carboxylic acids is 1. The molecule has 0 aliphatic rings. The minimum atomic E-state index is -0.607. The van der Waals surface area contributed by atoms with Crippen molar-refractivity contribution in [2.75, 3.05) is 0 Å². The van der Waals surface area contributed by atoms with Crippen LogP contribution in [0.5, 0.6) is 0 Å². The van der Waals surface area contributed by atoms with Crippen LogP contribution in [0.2, 0.25) is 10.0 Å². The molecule has 5 nitrogen and oxygen atoms in total. The molecule has 0 aliphatic heterocycles. The Morgan fingerprint density at radius 1 is 1.12 bits per heavy atom. The summed E-state index contributed by atoms with van der Waals surface area (Å²) >= 11 is 11.8. The lowest BCUT2D eigenvalue weighted by Gasteiger charge is -2.10. The van der Waals surface area contributed by atoms with Crippen LogP contribution in [-0.4, -0.2) is 15.7 Å². The molecule has 25 heavy (non-hydrogen) atoms. The molecular formula is C18H14Cl2N2O3. The molecule has 0 bridgehead atoms. The Morgan fingerprint density at radius 3 is 2.52 bits per heavy atom. The number of hydrogen-bond donors (Lipinski definition) is 0. The van der Waals surface area contributed by atoms with Crippen molar-refractivity contribution in [3.63, 3.8) is 0 Å². The fourth-order valence-corrected chi connectivity index (χ4v) is 2.77. The predicted octanol–water partition coefficient (Wildman–Crippen LogP) is 4.08. The van der Waals surface area contributed by atoms with E-state index in [0.717, 1.165) is 0 Å². The molecule has 0 saturated heterocycles. The highest BCUT2D eigenvalue weighted by Crippen LogP contribution is 2.23. The predicted molar refractivity (Wildman–Crippen MR) is 97.3 cm³/mol. The van der Waals surface area contributed by atoms with Crippen LogP contribution in [-0.2, 0) is 17.9 Å². The lowest BCUT2D eigenvalue weighted by Crippen LogP contribution is -2.25. The molecular weight excluding hydrogens is 363 g/mol. The molecule has 3 aromatic rings. The molecule has 0 unspecified atom stereocenters. The first-order valence-corrected chi connectivity index (χ1v) is 8.37. The van der Waals surface area contributed by atoms with Crippen LogP contribution >= 0.6 is 23.2 Å². The first kappa shape index (κ1) is 17.5. The fourth-order valence-electron chi connectivity index (χ4n) is 2.45. The monoisotopic (exact) mass is 376 g/mol. The normalized spacial score (nSPS) is 10.8. The van der Waals surface area contributed by atoms with Gasteiger partial charge in [0.1, 0.15) is 6.61 Å². The summed E-state index contributed by atoms with van der Waals surface area (Å²) in [5, 5.41) is 5.86. The molecule has 0 saturated carbocycles. The summed E-state index contributed by atoms with van der Waals surface area (Å²) in [5.41, 5.74) is 0.576. The Hall–Kier alpha value is -2.37. The topological polar surface area (TPSA) is 61.2 Å². The lowest BCUT2D eigenvalue weighted by molar-refractivity contribution is 0.0465. The van der Waals surface area contributed by atoms with Gasteiger partial charge in [-0.05, 0) is 30.7 Å². The van der Waals surface area contributed by atoms with E-state index in [2.05, 4.69) is 5.10 Å². The summed E-state index contributed by atoms with van der Waals surface area (Å²) in [7, 11) is 0. The number of nitrogens with zero attached hydrogens (tertiary/aromatic N) is 2. The summed E-state index contributed by atoms with van der Waals surface area (Å²) in [5.74, 6) is -0.607. The summed E-state index contributed by atoms with van der Waals surface area (Å²) in [6.45, 7) is 2.17. The zero-order valence-electron chi connectivity index (χ0n) is 13.3. The van der Waals surface area contributed by atoms with Crippen LogP contribution in [0.1, 0.15) is 23.0 Å². The van der Waals surface area contributed by atoms with Crippen LogP contribution in [0.15, 0.2) is 47.3 Å². The molecule has 128 valence electrons. The zero-order valence-corrected chi connectivity index (χ0v) is 14.8. The minimum Gasteiger partial charge on any atom is -0.456 e. The molecule has 0 radical (unpaired) electrons. The smallest absolute Gasteiger partial charge is 0.359 e. The van der Waals surface area contributed by atoms with E-state index in [0.29, 0.717) is 32.9 Å². The number of fused-ring (bicyclic) bond motifs is 1. The van der Waals surface area contributed by atoms with Gasteiger partial charge >= 0.3 is 5.97 Å². The van der Waals surface area contributed by atoms with Crippen LogP contribution in [0.3, 0.4) is 0 Å². The van der Waals surface area contributed by atoms with E-state index in [-0.39, 0.29) is 17.9 Å². The van der Waals surface area contributed by atoms with Crippen molar-refractivity contribution in [1.29, 1.82) is 0 Å². The van der Waals surface area contributed by atoms with E-state index in [1.54, 1.807) is 49.4 Å². The number of benzene rings is 2. The molecule has 3 rings (SSSR count). The highest BCUT2D eigenvalue weighted by atomic mass is 35.5. The van der Waals surface area contributed by atoms with Gasteiger partial charge in [0.25, 0.3) is 5.56 Å². The number of aromatic nitrogens is 2. The minimum absolute atomic E-state index is 0.0248. The third kappa shape index (κ3) is 3.52.